The highest BCUT2D eigenvalue weighted by atomic mass is 35.5. The number of carbonyl (C=O) groups excluding carboxylic acids is 1. The SMILES string of the molecule is CC(C)Nc1ccc(Cl)cc1C(=O)N(CCc1cccc(C(F)(F)F)c1)Cc1ccc(C(F)(C(F)(F)F)C(F)(F)F)cc1. The van der Waals surface area contributed by atoms with Gasteiger partial charge in [0.25, 0.3) is 5.91 Å². The van der Waals surface area contributed by atoms with Gasteiger partial charge in [0.05, 0.1) is 11.1 Å². The van der Waals surface area contributed by atoms with Crippen LogP contribution in [0.25, 0.3) is 0 Å². The van der Waals surface area contributed by atoms with Crippen molar-refractivity contribution in [2.75, 3.05) is 11.9 Å². The lowest BCUT2D eigenvalue weighted by Gasteiger charge is -2.30. The molecular weight excluding hydrogens is 618 g/mol. The fraction of sp³-hybridized carbons (Fsp3) is 0.345. The van der Waals surface area contributed by atoms with Gasteiger partial charge in [-0.25, -0.2) is 4.39 Å². The van der Waals surface area contributed by atoms with Crippen LogP contribution in [0.5, 0.6) is 0 Å². The zero-order chi connectivity index (χ0) is 32.4. The van der Waals surface area contributed by atoms with Gasteiger partial charge in [-0.3, -0.25) is 4.79 Å². The summed E-state index contributed by atoms with van der Waals surface area (Å²) >= 11 is 6.10. The number of halogens is 11. The van der Waals surface area contributed by atoms with Crippen LogP contribution in [-0.4, -0.2) is 35.7 Å². The van der Waals surface area contributed by atoms with Crippen LogP contribution in [0.15, 0.2) is 66.7 Å². The molecule has 0 saturated heterocycles. The molecule has 3 nitrogen and oxygen atoms in total. The van der Waals surface area contributed by atoms with E-state index in [1.165, 1.54) is 30.3 Å². The minimum absolute atomic E-state index is 0.0354. The van der Waals surface area contributed by atoms with Crippen LogP contribution >= 0.6 is 11.6 Å². The maximum Gasteiger partial charge on any atom is 0.435 e. The Morgan fingerprint density at radius 1 is 0.791 bits per heavy atom. The van der Waals surface area contributed by atoms with Crippen molar-refractivity contribution in [2.24, 2.45) is 0 Å². The van der Waals surface area contributed by atoms with Crippen LogP contribution in [-0.2, 0) is 24.8 Å². The van der Waals surface area contributed by atoms with Crippen LogP contribution in [0, 0.1) is 0 Å². The van der Waals surface area contributed by atoms with Gasteiger partial charge >= 0.3 is 24.2 Å². The average molecular weight is 643 g/mol. The Hall–Kier alpha value is -3.48. The number of alkyl halides is 10. The fourth-order valence-electron chi connectivity index (χ4n) is 4.27. The third-order valence-corrected chi connectivity index (χ3v) is 6.61. The number of hydrogen-bond donors (Lipinski definition) is 1. The van der Waals surface area contributed by atoms with Crippen molar-refractivity contribution in [2.45, 2.75) is 57.1 Å². The predicted molar refractivity (Wildman–Crippen MR) is 141 cm³/mol. The van der Waals surface area contributed by atoms with Gasteiger partial charge in [-0.1, -0.05) is 54.1 Å². The van der Waals surface area contributed by atoms with E-state index < -0.39 is 41.2 Å². The van der Waals surface area contributed by atoms with E-state index in [1.54, 1.807) is 13.8 Å². The maximum atomic E-state index is 14.5. The zero-order valence-electron chi connectivity index (χ0n) is 22.6. The number of hydrogen-bond acceptors (Lipinski definition) is 2. The Morgan fingerprint density at radius 3 is 1.93 bits per heavy atom. The maximum absolute atomic E-state index is 14.5. The summed E-state index contributed by atoms with van der Waals surface area (Å²) in [5, 5.41) is 3.24. The lowest BCUT2D eigenvalue weighted by Crippen LogP contribution is -2.50. The molecule has 3 aromatic carbocycles. The zero-order valence-corrected chi connectivity index (χ0v) is 23.3. The molecule has 0 aliphatic heterocycles. The summed E-state index contributed by atoms with van der Waals surface area (Å²) in [6.07, 6.45) is -17.3. The summed E-state index contributed by atoms with van der Waals surface area (Å²) in [5.74, 6) is -0.674. The number of anilines is 1. The van der Waals surface area contributed by atoms with Crippen molar-refractivity contribution in [3.8, 4) is 0 Å². The molecule has 3 aromatic rings. The first-order chi connectivity index (χ1) is 19.7. The van der Waals surface area contributed by atoms with E-state index >= 15 is 0 Å². The largest absolute Gasteiger partial charge is 0.435 e. The minimum Gasteiger partial charge on any atom is -0.382 e. The Morgan fingerprint density at radius 2 is 1.40 bits per heavy atom. The van der Waals surface area contributed by atoms with E-state index in [1.807, 2.05) is 0 Å². The summed E-state index contributed by atoms with van der Waals surface area (Å²) < 4.78 is 133. The van der Waals surface area contributed by atoms with E-state index in [2.05, 4.69) is 5.32 Å². The smallest absolute Gasteiger partial charge is 0.382 e. The fourth-order valence-corrected chi connectivity index (χ4v) is 4.44. The number of nitrogens with zero attached hydrogens (tertiary/aromatic N) is 1. The first kappa shape index (κ1) is 34.0. The molecule has 0 aliphatic carbocycles. The van der Waals surface area contributed by atoms with Crippen molar-refractivity contribution in [1.82, 2.24) is 4.90 Å². The highest BCUT2D eigenvalue weighted by Gasteiger charge is 2.73. The van der Waals surface area contributed by atoms with Crippen LogP contribution in [0.2, 0.25) is 5.02 Å². The number of carbonyl (C=O) groups is 1. The molecule has 0 aromatic heterocycles. The Kier molecular flexibility index (Phi) is 9.99. The standard InChI is InChI=1S/C29H25ClF10N2O/c1-17(2)41-24-11-10-22(30)15-23(24)25(43)42(13-12-18-4-3-5-21(14-18)27(32,33)34)16-19-6-8-20(9-7-19)26(31,28(35,36)37)29(38,39)40/h3-11,14-15,17,41H,12-13,16H2,1-2H3. The Bertz CT molecular complexity index is 1400. The lowest BCUT2D eigenvalue weighted by atomic mass is 9.93. The van der Waals surface area contributed by atoms with Gasteiger partial charge in [-0.2, -0.15) is 39.5 Å². The van der Waals surface area contributed by atoms with Crippen molar-refractivity contribution < 1.29 is 48.7 Å². The van der Waals surface area contributed by atoms with Crippen LogP contribution in [0.3, 0.4) is 0 Å². The molecule has 0 aliphatic rings. The minimum atomic E-state index is -6.30. The van der Waals surface area contributed by atoms with Crippen molar-refractivity contribution >= 4 is 23.2 Å². The molecule has 0 saturated carbocycles. The van der Waals surface area contributed by atoms with Crippen molar-refractivity contribution in [3.05, 3.63) is 99.6 Å². The molecular formula is C29H25ClF10N2O. The predicted octanol–water partition coefficient (Wildman–Crippen LogP) is 9.35. The van der Waals surface area contributed by atoms with Crippen LogP contribution < -0.4 is 5.32 Å². The second kappa shape index (κ2) is 12.6. The van der Waals surface area contributed by atoms with Gasteiger partial charge < -0.3 is 10.2 Å². The van der Waals surface area contributed by atoms with Crippen LogP contribution in [0.1, 0.15) is 46.5 Å². The Balaban J connectivity index is 1.99. The topological polar surface area (TPSA) is 32.3 Å². The molecule has 234 valence electrons. The molecule has 3 rings (SSSR count). The number of benzene rings is 3. The van der Waals surface area contributed by atoms with Crippen LogP contribution in [0.4, 0.5) is 49.6 Å². The van der Waals surface area contributed by atoms with E-state index in [0.717, 1.165) is 29.2 Å². The highest BCUT2D eigenvalue weighted by molar-refractivity contribution is 6.31. The van der Waals surface area contributed by atoms with Gasteiger partial charge in [0, 0.05) is 35.4 Å². The highest BCUT2D eigenvalue weighted by Crippen LogP contribution is 2.53. The van der Waals surface area contributed by atoms with Crippen molar-refractivity contribution in [3.63, 3.8) is 0 Å². The second-order valence-corrected chi connectivity index (χ2v) is 10.5. The summed E-state index contributed by atoms with van der Waals surface area (Å²) in [7, 11) is 0. The van der Waals surface area contributed by atoms with Gasteiger partial charge in [-0.15, -0.1) is 0 Å². The average Bonchev–Trinajstić information content (AvgIpc) is 2.89. The number of nitrogens with one attached hydrogen (secondary N) is 1. The summed E-state index contributed by atoms with van der Waals surface area (Å²) in [4.78, 5) is 14.9. The third kappa shape index (κ3) is 7.92. The molecule has 1 N–H and O–H groups in total. The molecule has 14 heteroatoms. The van der Waals surface area contributed by atoms with Gasteiger partial charge in [0.2, 0.25) is 0 Å². The summed E-state index contributed by atoms with van der Waals surface area (Å²) in [6.45, 7) is 3.00. The first-order valence-electron chi connectivity index (χ1n) is 12.7. The van der Waals surface area contributed by atoms with E-state index in [0.29, 0.717) is 17.8 Å². The van der Waals surface area contributed by atoms with E-state index in [9.17, 15) is 48.7 Å². The molecule has 0 unspecified atom stereocenters. The van der Waals surface area contributed by atoms with Gasteiger partial charge in [-0.05, 0) is 55.7 Å². The molecule has 0 spiro atoms. The van der Waals surface area contributed by atoms with Gasteiger partial charge in [0.1, 0.15) is 0 Å². The quantitative estimate of drug-likeness (QED) is 0.236. The van der Waals surface area contributed by atoms with E-state index in [4.69, 9.17) is 11.6 Å². The second-order valence-electron chi connectivity index (χ2n) is 10.0. The summed E-state index contributed by atoms with van der Waals surface area (Å²) in [6, 6.07) is 10.9. The third-order valence-electron chi connectivity index (χ3n) is 6.37. The first-order valence-corrected chi connectivity index (χ1v) is 13.0. The molecule has 0 atom stereocenters. The molecule has 0 radical (unpaired) electrons. The lowest BCUT2D eigenvalue weighted by molar-refractivity contribution is -0.348. The molecule has 0 bridgehead atoms. The van der Waals surface area contributed by atoms with Crippen molar-refractivity contribution in [1.29, 1.82) is 0 Å². The number of amides is 1. The molecule has 1 amide bonds. The monoisotopic (exact) mass is 642 g/mol. The summed E-state index contributed by atoms with van der Waals surface area (Å²) in [5.41, 5.74) is -7.56. The molecule has 0 heterocycles. The number of rotatable bonds is 9. The molecule has 0 fully saturated rings. The normalized spacial score (nSPS) is 12.9. The van der Waals surface area contributed by atoms with E-state index in [-0.39, 0.29) is 47.3 Å². The molecule has 43 heavy (non-hydrogen) atoms. The Labute approximate surface area is 245 Å². The van der Waals surface area contributed by atoms with Gasteiger partial charge in [0.15, 0.2) is 0 Å².